The zero-order chi connectivity index (χ0) is 33.6. The van der Waals surface area contributed by atoms with Crippen LogP contribution in [0.5, 0.6) is 0 Å². The molecule has 0 radical (unpaired) electrons. The SMILES string of the molecule is CCCCCCCCC(CCCCCCCC)C(=O)OCCCCCC(=O)N1CCc2c(sc(NC)c2C(=O)OCCN(C)C)C1. The van der Waals surface area contributed by atoms with Crippen molar-refractivity contribution in [3.63, 3.8) is 0 Å². The number of ether oxygens (including phenoxy) is 2. The molecule has 0 atom stereocenters. The molecule has 1 aromatic heterocycles. The van der Waals surface area contributed by atoms with Gasteiger partial charge in [-0.1, -0.05) is 90.9 Å². The van der Waals surface area contributed by atoms with Gasteiger partial charge >= 0.3 is 11.9 Å². The first-order valence-corrected chi connectivity index (χ1v) is 19.2. The molecule has 1 N–H and O–H groups in total. The first-order valence-electron chi connectivity index (χ1n) is 18.4. The highest BCUT2D eigenvalue weighted by Crippen LogP contribution is 2.37. The molecule has 1 aliphatic rings. The van der Waals surface area contributed by atoms with Gasteiger partial charge in [0.05, 0.1) is 24.6 Å². The number of hydrogen-bond acceptors (Lipinski definition) is 8. The van der Waals surface area contributed by atoms with Crippen LogP contribution in [-0.2, 0) is 32.0 Å². The number of nitrogens with zero attached hydrogens (tertiary/aromatic N) is 2. The molecular weight excluding hydrogens is 598 g/mol. The van der Waals surface area contributed by atoms with Crippen LogP contribution < -0.4 is 5.32 Å². The fraction of sp³-hybridized carbons (Fsp3) is 0.811. The minimum absolute atomic E-state index is 0.0137. The highest BCUT2D eigenvalue weighted by molar-refractivity contribution is 7.16. The summed E-state index contributed by atoms with van der Waals surface area (Å²) in [7, 11) is 5.72. The molecule has 2 rings (SSSR count). The molecule has 0 aromatic carbocycles. The topological polar surface area (TPSA) is 88.2 Å². The molecular formula is C37H65N3O5S. The maximum absolute atomic E-state index is 13.0. The number of carbonyl (C=O) groups excluding carboxylic acids is 3. The Bertz CT molecular complexity index is 995. The smallest absolute Gasteiger partial charge is 0.341 e. The zero-order valence-electron chi connectivity index (χ0n) is 29.9. The lowest BCUT2D eigenvalue weighted by atomic mass is 9.94. The number of hydrogen-bond donors (Lipinski definition) is 1. The lowest BCUT2D eigenvalue weighted by Gasteiger charge is -2.27. The average Bonchev–Trinajstić information content (AvgIpc) is 3.42. The monoisotopic (exact) mass is 663 g/mol. The second kappa shape index (κ2) is 24.1. The van der Waals surface area contributed by atoms with Gasteiger partial charge in [0.25, 0.3) is 0 Å². The molecule has 0 saturated heterocycles. The molecule has 264 valence electrons. The van der Waals surface area contributed by atoms with E-state index in [2.05, 4.69) is 19.2 Å². The van der Waals surface area contributed by atoms with Gasteiger partial charge in [0, 0.05) is 31.4 Å². The fourth-order valence-electron chi connectivity index (χ4n) is 6.13. The number of amides is 1. The van der Waals surface area contributed by atoms with Crippen molar-refractivity contribution in [2.45, 2.75) is 142 Å². The molecule has 1 aromatic rings. The van der Waals surface area contributed by atoms with E-state index in [1.54, 1.807) is 11.3 Å². The number of nitrogens with one attached hydrogen (secondary N) is 1. The second-order valence-electron chi connectivity index (χ2n) is 13.3. The Hall–Kier alpha value is -2.13. The van der Waals surface area contributed by atoms with E-state index >= 15 is 0 Å². The summed E-state index contributed by atoms with van der Waals surface area (Å²) in [6.07, 6.45) is 20.4. The first kappa shape index (κ1) is 40.0. The average molecular weight is 664 g/mol. The van der Waals surface area contributed by atoms with Gasteiger partial charge in [0.2, 0.25) is 5.91 Å². The molecule has 0 unspecified atom stereocenters. The summed E-state index contributed by atoms with van der Waals surface area (Å²) in [6, 6.07) is 0. The lowest BCUT2D eigenvalue weighted by Crippen LogP contribution is -2.35. The number of rotatable bonds is 26. The summed E-state index contributed by atoms with van der Waals surface area (Å²) in [5, 5.41) is 3.96. The molecule has 9 heteroatoms. The van der Waals surface area contributed by atoms with Crippen molar-refractivity contribution in [3.8, 4) is 0 Å². The summed E-state index contributed by atoms with van der Waals surface area (Å²) in [5.74, 6) is -0.125. The van der Waals surface area contributed by atoms with Crippen LogP contribution in [0.2, 0.25) is 0 Å². The van der Waals surface area contributed by atoms with E-state index in [9.17, 15) is 14.4 Å². The summed E-state index contributed by atoms with van der Waals surface area (Å²) in [5.41, 5.74) is 1.64. The van der Waals surface area contributed by atoms with Crippen LogP contribution in [-0.4, -0.2) is 75.1 Å². The Kier molecular flexibility index (Phi) is 21.0. The van der Waals surface area contributed by atoms with Gasteiger partial charge in [-0.2, -0.15) is 0 Å². The van der Waals surface area contributed by atoms with Crippen molar-refractivity contribution >= 4 is 34.2 Å². The number of fused-ring (bicyclic) bond motifs is 1. The predicted molar refractivity (Wildman–Crippen MR) is 191 cm³/mol. The van der Waals surface area contributed by atoms with Crippen molar-refractivity contribution in [2.24, 2.45) is 5.92 Å². The van der Waals surface area contributed by atoms with Gasteiger partial charge in [-0.3, -0.25) is 9.59 Å². The van der Waals surface area contributed by atoms with Crippen molar-refractivity contribution in [1.82, 2.24) is 9.80 Å². The molecule has 8 nitrogen and oxygen atoms in total. The van der Waals surface area contributed by atoms with Gasteiger partial charge < -0.3 is 24.6 Å². The van der Waals surface area contributed by atoms with E-state index in [1.165, 1.54) is 64.2 Å². The van der Waals surface area contributed by atoms with Crippen molar-refractivity contribution in [3.05, 3.63) is 16.0 Å². The Morgan fingerprint density at radius 1 is 0.826 bits per heavy atom. The van der Waals surface area contributed by atoms with Crippen molar-refractivity contribution in [1.29, 1.82) is 0 Å². The van der Waals surface area contributed by atoms with E-state index in [1.807, 2.05) is 30.9 Å². The maximum atomic E-state index is 13.0. The van der Waals surface area contributed by atoms with Crippen LogP contribution in [0.25, 0.3) is 0 Å². The van der Waals surface area contributed by atoms with E-state index in [-0.39, 0.29) is 23.8 Å². The van der Waals surface area contributed by atoms with Crippen LogP contribution in [0.15, 0.2) is 0 Å². The number of anilines is 1. The van der Waals surface area contributed by atoms with Crippen molar-refractivity contribution in [2.75, 3.05) is 52.8 Å². The Labute approximate surface area is 284 Å². The third kappa shape index (κ3) is 15.2. The zero-order valence-corrected chi connectivity index (χ0v) is 30.7. The van der Waals surface area contributed by atoms with Gasteiger partial charge in [0.15, 0.2) is 0 Å². The number of thiophene rings is 1. The van der Waals surface area contributed by atoms with E-state index in [0.717, 1.165) is 60.4 Å². The minimum atomic E-state index is -0.291. The van der Waals surface area contributed by atoms with E-state index in [0.29, 0.717) is 51.3 Å². The number of esters is 2. The molecule has 1 aliphatic heterocycles. The van der Waals surface area contributed by atoms with Crippen LogP contribution >= 0.6 is 11.3 Å². The van der Waals surface area contributed by atoms with E-state index < -0.39 is 0 Å². The molecule has 2 heterocycles. The molecule has 1 amide bonds. The predicted octanol–water partition coefficient (Wildman–Crippen LogP) is 8.61. The highest BCUT2D eigenvalue weighted by Gasteiger charge is 2.30. The van der Waals surface area contributed by atoms with Gasteiger partial charge in [-0.15, -0.1) is 11.3 Å². The van der Waals surface area contributed by atoms with Crippen LogP contribution in [0, 0.1) is 5.92 Å². The first-order chi connectivity index (χ1) is 22.3. The largest absolute Gasteiger partial charge is 0.465 e. The number of unbranched alkanes of at least 4 members (excludes halogenated alkanes) is 12. The normalized spacial score (nSPS) is 12.9. The third-order valence-electron chi connectivity index (χ3n) is 9.04. The summed E-state index contributed by atoms with van der Waals surface area (Å²) < 4.78 is 11.3. The molecule has 0 spiro atoms. The molecule has 0 aliphatic carbocycles. The minimum Gasteiger partial charge on any atom is -0.465 e. The molecule has 0 bridgehead atoms. The number of likely N-dealkylation sites (N-methyl/N-ethyl adjacent to an activating group) is 1. The van der Waals surface area contributed by atoms with Crippen LogP contribution in [0.1, 0.15) is 150 Å². The molecule has 0 saturated carbocycles. The van der Waals surface area contributed by atoms with Crippen LogP contribution in [0.4, 0.5) is 5.00 Å². The second-order valence-corrected chi connectivity index (χ2v) is 14.4. The Morgan fingerprint density at radius 3 is 2.04 bits per heavy atom. The lowest BCUT2D eigenvalue weighted by molar-refractivity contribution is -0.149. The number of carbonyl (C=O) groups is 3. The van der Waals surface area contributed by atoms with Gasteiger partial charge in [-0.05, 0) is 58.2 Å². The summed E-state index contributed by atoms with van der Waals surface area (Å²) in [4.78, 5) is 43.8. The van der Waals surface area contributed by atoms with Crippen molar-refractivity contribution < 1.29 is 23.9 Å². The van der Waals surface area contributed by atoms with Gasteiger partial charge in [0.1, 0.15) is 11.6 Å². The maximum Gasteiger partial charge on any atom is 0.341 e. The Balaban J connectivity index is 1.72. The molecule has 46 heavy (non-hydrogen) atoms. The quantitative estimate of drug-likeness (QED) is 0.0784. The third-order valence-corrected chi connectivity index (χ3v) is 10.3. The van der Waals surface area contributed by atoms with E-state index in [4.69, 9.17) is 9.47 Å². The Morgan fingerprint density at radius 2 is 1.43 bits per heavy atom. The summed E-state index contributed by atoms with van der Waals surface area (Å²) in [6.45, 7) is 7.10. The van der Waals surface area contributed by atoms with Gasteiger partial charge in [-0.25, -0.2) is 4.79 Å². The standard InChI is InChI=1S/C37H65N3O5S/c1-6-8-10-12-14-17-21-30(22-18-15-13-11-9-7-2)36(42)44-27-20-16-19-23-33(41)40-25-24-31-32(29-40)46-35(38-3)34(31)37(43)45-28-26-39(4)5/h30,38H,6-29H2,1-5H3. The fourth-order valence-corrected chi connectivity index (χ4v) is 7.33. The van der Waals surface area contributed by atoms with Crippen LogP contribution in [0.3, 0.4) is 0 Å². The highest BCUT2D eigenvalue weighted by atomic mass is 32.1. The molecule has 0 fully saturated rings. The summed E-state index contributed by atoms with van der Waals surface area (Å²) >= 11 is 1.54.